The smallest absolute Gasteiger partial charge is 0.335 e. The van der Waals surface area contributed by atoms with Crippen molar-refractivity contribution in [1.82, 2.24) is 9.78 Å². The van der Waals surface area contributed by atoms with Crippen LogP contribution in [0, 0.1) is 0 Å². The van der Waals surface area contributed by atoms with Gasteiger partial charge in [-0.25, -0.2) is 4.79 Å². The summed E-state index contributed by atoms with van der Waals surface area (Å²) >= 11 is 0. The van der Waals surface area contributed by atoms with Crippen molar-refractivity contribution in [3.8, 4) is 5.75 Å². The van der Waals surface area contributed by atoms with E-state index in [1.807, 2.05) is 10.9 Å². The number of hydrogen-bond donors (Lipinski definition) is 2. The minimum atomic E-state index is -0.964. The standard InChI is InChI=1S/C15H17N3O3/c1-21-14-7-10(15(19)20)4-5-12(14)16-8-11-9-17-18-6-2-3-13(11)18/h4-5,7,9,16H,2-3,6,8H2,1H3,(H,19,20). The van der Waals surface area contributed by atoms with Gasteiger partial charge < -0.3 is 15.2 Å². The van der Waals surface area contributed by atoms with Crippen molar-refractivity contribution in [3.63, 3.8) is 0 Å². The minimum Gasteiger partial charge on any atom is -0.495 e. The zero-order valence-electron chi connectivity index (χ0n) is 11.8. The summed E-state index contributed by atoms with van der Waals surface area (Å²) < 4.78 is 7.30. The molecule has 6 nitrogen and oxygen atoms in total. The summed E-state index contributed by atoms with van der Waals surface area (Å²) in [5.41, 5.74) is 3.45. The number of carboxylic acids is 1. The molecule has 0 bridgehead atoms. The van der Waals surface area contributed by atoms with Crippen molar-refractivity contribution >= 4 is 11.7 Å². The lowest BCUT2D eigenvalue weighted by molar-refractivity contribution is 0.0696. The number of benzene rings is 1. The maximum Gasteiger partial charge on any atom is 0.335 e. The van der Waals surface area contributed by atoms with Crippen LogP contribution in [0.1, 0.15) is 28.0 Å². The number of carboxylic acid groups (broad SMARTS) is 1. The summed E-state index contributed by atoms with van der Waals surface area (Å²) in [4.78, 5) is 11.0. The molecule has 0 atom stereocenters. The second kappa shape index (κ2) is 5.47. The summed E-state index contributed by atoms with van der Waals surface area (Å²) in [5.74, 6) is -0.437. The van der Waals surface area contributed by atoms with Crippen molar-refractivity contribution in [3.05, 3.63) is 41.2 Å². The van der Waals surface area contributed by atoms with Crippen LogP contribution in [0.3, 0.4) is 0 Å². The Bertz CT molecular complexity index is 679. The number of nitrogens with zero attached hydrogens (tertiary/aromatic N) is 2. The first-order valence-corrected chi connectivity index (χ1v) is 6.88. The van der Waals surface area contributed by atoms with Gasteiger partial charge in [0, 0.05) is 24.3 Å². The van der Waals surface area contributed by atoms with Gasteiger partial charge in [0.2, 0.25) is 0 Å². The predicted molar refractivity (Wildman–Crippen MR) is 77.8 cm³/mol. The lowest BCUT2D eigenvalue weighted by Crippen LogP contribution is -2.04. The van der Waals surface area contributed by atoms with Gasteiger partial charge in [-0.1, -0.05) is 0 Å². The molecule has 0 unspecified atom stereocenters. The summed E-state index contributed by atoms with van der Waals surface area (Å²) in [6, 6.07) is 4.81. The number of nitrogens with one attached hydrogen (secondary N) is 1. The van der Waals surface area contributed by atoms with Crippen LogP contribution in [-0.4, -0.2) is 28.0 Å². The molecule has 0 spiro atoms. The second-order valence-corrected chi connectivity index (χ2v) is 5.02. The third kappa shape index (κ3) is 2.56. The van der Waals surface area contributed by atoms with Crippen LogP contribution >= 0.6 is 0 Å². The van der Waals surface area contributed by atoms with Crippen LogP contribution in [0.25, 0.3) is 0 Å². The van der Waals surface area contributed by atoms with E-state index in [4.69, 9.17) is 9.84 Å². The molecule has 1 aliphatic heterocycles. The Morgan fingerprint density at radius 1 is 1.52 bits per heavy atom. The Morgan fingerprint density at radius 2 is 2.38 bits per heavy atom. The number of aryl methyl sites for hydroxylation is 1. The average Bonchev–Trinajstić information content (AvgIpc) is 3.08. The topological polar surface area (TPSA) is 76.4 Å². The van der Waals surface area contributed by atoms with E-state index in [1.165, 1.54) is 24.4 Å². The summed E-state index contributed by atoms with van der Waals surface area (Å²) in [5, 5.41) is 16.6. The number of hydrogen-bond acceptors (Lipinski definition) is 4. The predicted octanol–water partition coefficient (Wildman–Crippen LogP) is 2.15. The number of rotatable bonds is 5. The maximum absolute atomic E-state index is 11.0. The van der Waals surface area contributed by atoms with Gasteiger partial charge in [-0.05, 0) is 31.0 Å². The minimum absolute atomic E-state index is 0.212. The third-order valence-corrected chi connectivity index (χ3v) is 3.74. The lowest BCUT2D eigenvalue weighted by Gasteiger charge is -2.11. The highest BCUT2D eigenvalue weighted by Gasteiger charge is 2.16. The molecule has 2 heterocycles. The fourth-order valence-electron chi connectivity index (χ4n) is 2.64. The first-order chi connectivity index (χ1) is 10.2. The Labute approximate surface area is 122 Å². The fraction of sp³-hybridized carbons (Fsp3) is 0.333. The molecule has 0 amide bonds. The zero-order valence-corrected chi connectivity index (χ0v) is 11.8. The van der Waals surface area contributed by atoms with Gasteiger partial charge in [-0.2, -0.15) is 5.10 Å². The molecule has 110 valence electrons. The SMILES string of the molecule is COc1cc(C(=O)O)ccc1NCc1cnn2c1CCC2. The van der Waals surface area contributed by atoms with Crippen LogP contribution in [0.2, 0.25) is 0 Å². The van der Waals surface area contributed by atoms with Crippen LogP contribution in [-0.2, 0) is 19.5 Å². The molecule has 0 aliphatic carbocycles. The van der Waals surface area contributed by atoms with E-state index in [9.17, 15) is 4.79 Å². The molecule has 21 heavy (non-hydrogen) atoms. The molecule has 3 rings (SSSR count). The van der Waals surface area contributed by atoms with Gasteiger partial charge in [0.1, 0.15) is 5.75 Å². The molecule has 6 heteroatoms. The molecule has 1 aromatic carbocycles. The Kier molecular flexibility index (Phi) is 3.51. The number of fused-ring (bicyclic) bond motifs is 1. The van der Waals surface area contributed by atoms with Crippen LogP contribution in [0.4, 0.5) is 5.69 Å². The number of ether oxygens (including phenoxy) is 1. The third-order valence-electron chi connectivity index (χ3n) is 3.74. The highest BCUT2D eigenvalue weighted by molar-refractivity contribution is 5.89. The van der Waals surface area contributed by atoms with Gasteiger partial charge in [0.05, 0.1) is 24.6 Å². The van der Waals surface area contributed by atoms with Crippen molar-refractivity contribution in [2.75, 3.05) is 12.4 Å². The highest BCUT2D eigenvalue weighted by Crippen LogP contribution is 2.27. The van der Waals surface area contributed by atoms with E-state index in [2.05, 4.69) is 10.4 Å². The van der Waals surface area contributed by atoms with Gasteiger partial charge in [-0.3, -0.25) is 4.68 Å². The fourth-order valence-corrected chi connectivity index (χ4v) is 2.64. The van der Waals surface area contributed by atoms with Crippen LogP contribution in [0.15, 0.2) is 24.4 Å². The van der Waals surface area contributed by atoms with E-state index in [-0.39, 0.29) is 5.56 Å². The number of aromatic carboxylic acids is 1. The largest absolute Gasteiger partial charge is 0.495 e. The first-order valence-electron chi connectivity index (χ1n) is 6.88. The molecule has 0 fully saturated rings. The number of carbonyl (C=O) groups is 1. The molecule has 2 N–H and O–H groups in total. The summed E-state index contributed by atoms with van der Waals surface area (Å²) in [6.07, 6.45) is 4.10. The van der Waals surface area contributed by atoms with Gasteiger partial charge in [0.15, 0.2) is 0 Å². The molecule has 0 radical (unpaired) electrons. The maximum atomic E-state index is 11.0. The highest BCUT2D eigenvalue weighted by atomic mass is 16.5. The normalized spacial score (nSPS) is 13.0. The Balaban J connectivity index is 1.77. The zero-order chi connectivity index (χ0) is 14.8. The summed E-state index contributed by atoms with van der Waals surface area (Å²) in [6.45, 7) is 1.64. The average molecular weight is 287 g/mol. The van der Waals surface area contributed by atoms with Crippen LogP contribution < -0.4 is 10.1 Å². The van der Waals surface area contributed by atoms with Gasteiger partial charge in [-0.15, -0.1) is 0 Å². The van der Waals surface area contributed by atoms with Gasteiger partial charge in [0.25, 0.3) is 0 Å². The molecule has 2 aromatic rings. The second-order valence-electron chi connectivity index (χ2n) is 5.02. The van der Waals surface area contributed by atoms with E-state index in [1.54, 1.807) is 12.1 Å². The van der Waals surface area contributed by atoms with Crippen molar-refractivity contribution in [2.24, 2.45) is 0 Å². The van der Waals surface area contributed by atoms with Crippen molar-refractivity contribution in [2.45, 2.75) is 25.9 Å². The number of methoxy groups -OCH3 is 1. The van der Waals surface area contributed by atoms with Crippen LogP contribution in [0.5, 0.6) is 5.75 Å². The number of aromatic nitrogens is 2. The Hall–Kier alpha value is -2.50. The monoisotopic (exact) mass is 287 g/mol. The molecular formula is C15H17N3O3. The van der Waals surface area contributed by atoms with Crippen molar-refractivity contribution in [1.29, 1.82) is 0 Å². The molecule has 1 aromatic heterocycles. The number of anilines is 1. The van der Waals surface area contributed by atoms with E-state index in [0.29, 0.717) is 12.3 Å². The van der Waals surface area contributed by atoms with E-state index >= 15 is 0 Å². The van der Waals surface area contributed by atoms with Gasteiger partial charge >= 0.3 is 5.97 Å². The molecule has 0 saturated heterocycles. The lowest BCUT2D eigenvalue weighted by atomic mass is 10.1. The molecular weight excluding hydrogens is 270 g/mol. The van der Waals surface area contributed by atoms with E-state index in [0.717, 1.165) is 25.1 Å². The molecule has 1 aliphatic rings. The first kappa shape index (κ1) is 13.5. The summed E-state index contributed by atoms with van der Waals surface area (Å²) in [7, 11) is 1.53. The Morgan fingerprint density at radius 3 is 3.14 bits per heavy atom. The van der Waals surface area contributed by atoms with Crippen molar-refractivity contribution < 1.29 is 14.6 Å². The molecule has 0 saturated carbocycles. The van der Waals surface area contributed by atoms with E-state index < -0.39 is 5.97 Å². The quantitative estimate of drug-likeness (QED) is 0.881.